The van der Waals surface area contributed by atoms with Gasteiger partial charge in [0.2, 0.25) is 0 Å². The third-order valence-electron chi connectivity index (χ3n) is 3.81. The molecule has 27 heavy (non-hydrogen) atoms. The van der Waals surface area contributed by atoms with Gasteiger partial charge in [0.1, 0.15) is 11.3 Å². The average Bonchev–Trinajstić information content (AvgIpc) is 2.70. The number of ether oxygens (including phenoxy) is 2. The Morgan fingerprint density at radius 2 is 1.67 bits per heavy atom. The summed E-state index contributed by atoms with van der Waals surface area (Å²) in [7, 11) is 2.93. The van der Waals surface area contributed by atoms with Crippen LogP contribution in [0.25, 0.3) is 11.0 Å². The Bertz CT molecular complexity index is 1070. The van der Waals surface area contributed by atoms with Crippen molar-refractivity contribution in [1.82, 2.24) is 10.9 Å². The first-order valence-corrected chi connectivity index (χ1v) is 7.89. The van der Waals surface area contributed by atoms with Crippen molar-refractivity contribution in [2.45, 2.75) is 0 Å². The maximum Gasteiger partial charge on any atom is 0.349 e. The molecule has 0 atom stereocenters. The normalized spacial score (nSPS) is 10.3. The molecule has 2 N–H and O–H groups in total. The molecule has 2 aromatic carbocycles. The SMILES string of the molecule is COc1cccc(C(=O)NNC(=O)c2cc3cccc(OC)c3oc2=O)c1. The van der Waals surface area contributed by atoms with Gasteiger partial charge in [-0.2, -0.15) is 0 Å². The lowest BCUT2D eigenvalue weighted by Crippen LogP contribution is -2.43. The molecule has 0 spiro atoms. The maximum atomic E-state index is 12.3. The topological polar surface area (TPSA) is 107 Å². The average molecular weight is 368 g/mol. The summed E-state index contributed by atoms with van der Waals surface area (Å²) in [5.74, 6) is -0.486. The zero-order chi connectivity index (χ0) is 19.4. The summed E-state index contributed by atoms with van der Waals surface area (Å²) in [5, 5.41) is 0.512. The van der Waals surface area contributed by atoms with Gasteiger partial charge in [-0.1, -0.05) is 18.2 Å². The number of fused-ring (bicyclic) bond motifs is 1. The van der Waals surface area contributed by atoms with Crippen LogP contribution in [0.2, 0.25) is 0 Å². The van der Waals surface area contributed by atoms with Gasteiger partial charge in [0.15, 0.2) is 11.3 Å². The van der Waals surface area contributed by atoms with Crippen LogP contribution in [0, 0.1) is 0 Å². The minimum atomic E-state index is -0.847. The number of hydrogen-bond acceptors (Lipinski definition) is 6. The predicted octanol–water partition coefficient (Wildman–Crippen LogP) is 1.88. The van der Waals surface area contributed by atoms with Crippen molar-refractivity contribution >= 4 is 22.8 Å². The molecule has 3 rings (SSSR count). The van der Waals surface area contributed by atoms with Crippen LogP contribution in [0.3, 0.4) is 0 Å². The molecule has 0 saturated heterocycles. The van der Waals surface area contributed by atoms with Crippen LogP contribution in [0.5, 0.6) is 11.5 Å². The number of rotatable bonds is 4. The van der Waals surface area contributed by atoms with E-state index in [1.165, 1.54) is 26.4 Å². The van der Waals surface area contributed by atoms with Crippen LogP contribution in [0.1, 0.15) is 20.7 Å². The van der Waals surface area contributed by atoms with Gasteiger partial charge < -0.3 is 13.9 Å². The molecular formula is C19H16N2O6. The Hall–Kier alpha value is -3.81. The van der Waals surface area contributed by atoms with Crippen LogP contribution < -0.4 is 26.0 Å². The number of methoxy groups -OCH3 is 2. The summed E-state index contributed by atoms with van der Waals surface area (Å²) in [6.45, 7) is 0. The Balaban J connectivity index is 1.79. The third kappa shape index (κ3) is 3.74. The summed E-state index contributed by atoms with van der Waals surface area (Å²) < 4.78 is 15.4. The molecule has 0 aliphatic heterocycles. The van der Waals surface area contributed by atoms with Crippen molar-refractivity contribution < 1.29 is 23.5 Å². The van der Waals surface area contributed by atoms with E-state index in [0.717, 1.165) is 0 Å². The second-order valence-electron chi connectivity index (χ2n) is 5.47. The first-order valence-electron chi connectivity index (χ1n) is 7.89. The molecule has 8 heteroatoms. The molecule has 0 saturated carbocycles. The van der Waals surface area contributed by atoms with E-state index in [-0.39, 0.29) is 16.7 Å². The molecule has 1 aromatic heterocycles. The Labute approximate surface area is 153 Å². The van der Waals surface area contributed by atoms with Crippen molar-refractivity contribution in [2.75, 3.05) is 14.2 Å². The highest BCUT2D eigenvalue weighted by Gasteiger charge is 2.16. The lowest BCUT2D eigenvalue weighted by atomic mass is 10.1. The summed E-state index contributed by atoms with van der Waals surface area (Å²) in [6.07, 6.45) is 0. The van der Waals surface area contributed by atoms with Crippen molar-refractivity contribution in [3.8, 4) is 11.5 Å². The van der Waals surface area contributed by atoms with E-state index in [1.807, 2.05) is 0 Å². The van der Waals surface area contributed by atoms with E-state index in [1.54, 1.807) is 36.4 Å². The Morgan fingerprint density at radius 3 is 2.41 bits per heavy atom. The van der Waals surface area contributed by atoms with Crippen LogP contribution >= 0.6 is 0 Å². The summed E-state index contributed by atoms with van der Waals surface area (Å²) in [6, 6.07) is 12.8. The molecule has 1 heterocycles. The second kappa shape index (κ2) is 7.61. The molecule has 0 bridgehead atoms. The monoisotopic (exact) mass is 368 g/mol. The first kappa shape index (κ1) is 18.0. The minimum absolute atomic E-state index is 0.238. The summed E-state index contributed by atoms with van der Waals surface area (Å²) in [5.41, 5.74) is 3.87. The summed E-state index contributed by atoms with van der Waals surface area (Å²) in [4.78, 5) is 36.5. The maximum absolute atomic E-state index is 12.3. The van der Waals surface area contributed by atoms with Gasteiger partial charge >= 0.3 is 5.63 Å². The molecule has 0 fully saturated rings. The quantitative estimate of drug-likeness (QED) is 0.538. The van der Waals surface area contributed by atoms with Crippen LogP contribution in [0.15, 0.2) is 57.7 Å². The molecular weight excluding hydrogens is 352 g/mol. The number of carbonyl (C=O) groups is 2. The smallest absolute Gasteiger partial charge is 0.349 e. The van der Waals surface area contributed by atoms with Crippen LogP contribution in [0.4, 0.5) is 0 Å². The van der Waals surface area contributed by atoms with E-state index in [0.29, 0.717) is 16.9 Å². The Kier molecular flexibility index (Phi) is 5.07. The van der Waals surface area contributed by atoms with Gasteiger partial charge in [0.05, 0.1) is 14.2 Å². The molecule has 0 aliphatic carbocycles. The molecule has 8 nitrogen and oxygen atoms in total. The van der Waals surface area contributed by atoms with Crippen LogP contribution in [-0.2, 0) is 0 Å². The van der Waals surface area contributed by atoms with E-state index < -0.39 is 17.4 Å². The fraction of sp³-hybridized carbons (Fsp3) is 0.105. The van der Waals surface area contributed by atoms with Gasteiger partial charge in [-0.15, -0.1) is 0 Å². The van der Waals surface area contributed by atoms with Gasteiger partial charge in [0, 0.05) is 10.9 Å². The van der Waals surface area contributed by atoms with E-state index in [2.05, 4.69) is 10.9 Å². The molecule has 0 aliphatic rings. The van der Waals surface area contributed by atoms with Crippen molar-refractivity contribution in [1.29, 1.82) is 0 Å². The fourth-order valence-electron chi connectivity index (χ4n) is 2.45. The molecule has 0 unspecified atom stereocenters. The standard InChI is InChI=1S/C19H16N2O6/c1-25-13-7-3-6-12(9-13)17(22)20-21-18(23)14-10-11-5-4-8-15(26-2)16(11)27-19(14)24/h3-10H,1-2H3,(H,20,22)(H,21,23). The number of amides is 2. The van der Waals surface area contributed by atoms with Gasteiger partial charge in [-0.25, -0.2) is 4.79 Å². The zero-order valence-corrected chi connectivity index (χ0v) is 14.6. The number of nitrogens with one attached hydrogen (secondary N) is 2. The predicted molar refractivity (Wildman–Crippen MR) is 97.0 cm³/mol. The number of carbonyl (C=O) groups excluding carboxylic acids is 2. The highest BCUT2D eigenvalue weighted by Crippen LogP contribution is 2.24. The van der Waals surface area contributed by atoms with E-state index in [9.17, 15) is 14.4 Å². The fourth-order valence-corrected chi connectivity index (χ4v) is 2.45. The largest absolute Gasteiger partial charge is 0.497 e. The minimum Gasteiger partial charge on any atom is -0.497 e. The number of para-hydroxylation sites is 1. The lowest BCUT2D eigenvalue weighted by Gasteiger charge is -2.09. The highest BCUT2D eigenvalue weighted by molar-refractivity contribution is 6.00. The molecule has 2 amide bonds. The second-order valence-corrected chi connectivity index (χ2v) is 5.47. The number of hydrazine groups is 1. The van der Waals surface area contributed by atoms with Crippen molar-refractivity contribution in [2.24, 2.45) is 0 Å². The molecule has 0 radical (unpaired) electrons. The van der Waals surface area contributed by atoms with E-state index in [4.69, 9.17) is 13.9 Å². The van der Waals surface area contributed by atoms with Crippen LogP contribution in [-0.4, -0.2) is 26.0 Å². The van der Waals surface area contributed by atoms with Gasteiger partial charge in [-0.3, -0.25) is 20.4 Å². The Morgan fingerprint density at radius 1 is 0.926 bits per heavy atom. The van der Waals surface area contributed by atoms with Gasteiger partial charge in [0.25, 0.3) is 11.8 Å². The number of benzene rings is 2. The highest BCUT2D eigenvalue weighted by atomic mass is 16.5. The van der Waals surface area contributed by atoms with Crippen molar-refractivity contribution in [3.05, 3.63) is 70.1 Å². The first-order chi connectivity index (χ1) is 13.0. The zero-order valence-electron chi connectivity index (χ0n) is 14.6. The molecule has 3 aromatic rings. The van der Waals surface area contributed by atoms with E-state index >= 15 is 0 Å². The van der Waals surface area contributed by atoms with Gasteiger partial charge in [-0.05, 0) is 30.3 Å². The molecule has 138 valence electrons. The third-order valence-corrected chi connectivity index (χ3v) is 3.81. The summed E-state index contributed by atoms with van der Waals surface area (Å²) >= 11 is 0. The van der Waals surface area contributed by atoms with Crippen molar-refractivity contribution in [3.63, 3.8) is 0 Å². The lowest BCUT2D eigenvalue weighted by molar-refractivity contribution is 0.0844. The number of hydrogen-bond donors (Lipinski definition) is 2.